The topological polar surface area (TPSA) is 343 Å². The van der Waals surface area contributed by atoms with E-state index in [-0.39, 0.29) is 46.8 Å². The molecule has 0 bridgehead atoms. The van der Waals surface area contributed by atoms with Gasteiger partial charge in [0.2, 0.25) is 12.6 Å². The van der Waals surface area contributed by atoms with Gasteiger partial charge in [0, 0.05) is 29.4 Å². The molecule has 14 atom stereocenters. The van der Waals surface area contributed by atoms with Gasteiger partial charge in [0.25, 0.3) is 0 Å². The van der Waals surface area contributed by atoms with E-state index < -0.39 is 136 Å². The number of carbonyl (C=O) groups excluding carboxylic acids is 4. The van der Waals surface area contributed by atoms with E-state index in [0.717, 1.165) is 26.7 Å². The van der Waals surface area contributed by atoms with Crippen LogP contribution in [0.5, 0.6) is 11.5 Å². The lowest BCUT2D eigenvalue weighted by molar-refractivity contribution is -0.328. The highest BCUT2D eigenvalue weighted by Gasteiger charge is 2.49. The standard InChI is InChI=1S/C42H54O23/c1-5-19-21(12-29(46)58-10-9-18-7-8-25(44)26(45)11-18)23(37(54)56-3)15-61-40(19)65-42-36(53)34(51)32(49)28(63-42)17-59-30(47)13-22-20(6-2)39(60-16-24(22)38(55)57-4)64-41-35(52)33(50)31(48)27(14-43)62-41/h5-8,11,15-16,21-22,27-28,31-36,39-45,48-53H,9-10,12-14,17H2,1-4H3/t21-,22-,27+,28+,31+,32+,33-,34-,35+,36+,39-,40-,41-,42-/m0/s1. The number of hydrogen-bond acceptors (Lipinski definition) is 23. The maximum absolute atomic E-state index is 13.4. The molecule has 9 N–H and O–H groups in total. The third-order valence-corrected chi connectivity index (χ3v) is 11.1. The summed E-state index contributed by atoms with van der Waals surface area (Å²) in [7, 11) is 2.20. The number of methoxy groups -OCH3 is 2. The predicted octanol–water partition coefficient (Wildman–Crippen LogP) is -1.90. The van der Waals surface area contributed by atoms with Crippen LogP contribution in [0.4, 0.5) is 0 Å². The van der Waals surface area contributed by atoms with Crippen molar-refractivity contribution in [2.45, 2.75) is 107 Å². The summed E-state index contributed by atoms with van der Waals surface area (Å²) < 4.78 is 54.6. The molecular formula is C42H54O23. The van der Waals surface area contributed by atoms with E-state index in [2.05, 4.69) is 0 Å². The molecule has 0 aliphatic carbocycles. The summed E-state index contributed by atoms with van der Waals surface area (Å²) in [5, 5.41) is 92.4. The lowest BCUT2D eigenvalue weighted by atomic mass is 9.86. The molecule has 4 aliphatic rings. The van der Waals surface area contributed by atoms with Crippen molar-refractivity contribution in [1.29, 1.82) is 0 Å². The zero-order chi connectivity index (χ0) is 47.7. The third-order valence-electron chi connectivity index (χ3n) is 11.1. The highest BCUT2D eigenvalue weighted by molar-refractivity contribution is 5.91. The Kier molecular flexibility index (Phi) is 17.8. The Hall–Kier alpha value is -5.18. The zero-order valence-electron chi connectivity index (χ0n) is 35.6. The Morgan fingerprint density at radius 3 is 1.58 bits per heavy atom. The van der Waals surface area contributed by atoms with Crippen molar-refractivity contribution in [1.82, 2.24) is 0 Å². The fourth-order valence-electron chi connectivity index (χ4n) is 7.47. The van der Waals surface area contributed by atoms with Crippen LogP contribution >= 0.6 is 0 Å². The van der Waals surface area contributed by atoms with Gasteiger partial charge in [-0.15, -0.1) is 0 Å². The van der Waals surface area contributed by atoms with Gasteiger partial charge in [-0.25, -0.2) is 9.59 Å². The number of aliphatic hydroxyl groups is 7. The molecule has 0 unspecified atom stereocenters. The number of benzene rings is 1. The van der Waals surface area contributed by atoms with Crippen molar-refractivity contribution in [2.24, 2.45) is 11.8 Å². The molecule has 360 valence electrons. The first-order chi connectivity index (χ1) is 31.0. The first-order valence-electron chi connectivity index (χ1n) is 20.3. The summed E-state index contributed by atoms with van der Waals surface area (Å²) in [6.45, 7) is 1.45. The highest BCUT2D eigenvalue weighted by Crippen LogP contribution is 2.38. The van der Waals surface area contributed by atoms with Crippen molar-refractivity contribution >= 4 is 23.9 Å². The van der Waals surface area contributed by atoms with E-state index in [1.54, 1.807) is 6.92 Å². The SMILES string of the molecule is CC=C1[C@H](O[C@@H]2O[C@H](CO)[C@@H](O)[C@H](O)[C@H]2O)OC=C(C(=O)OC)[C@H]1CC(=O)OC[C@H]1O[C@@H](O[C@@H]2OC=C(C(=O)OC)[C@@H](CC(=O)OCCc3ccc(O)c(O)c3)C2=CC)[C@H](O)[C@@H](O)[C@@H]1O. The number of esters is 4. The Labute approximate surface area is 371 Å². The van der Waals surface area contributed by atoms with E-state index in [0.29, 0.717) is 5.56 Å². The van der Waals surface area contributed by atoms with Crippen LogP contribution in [0, 0.1) is 11.8 Å². The number of rotatable bonds is 16. The first kappa shape index (κ1) is 50.8. The van der Waals surface area contributed by atoms with E-state index in [1.165, 1.54) is 37.3 Å². The van der Waals surface area contributed by atoms with E-state index in [9.17, 15) is 65.1 Å². The quantitative estimate of drug-likeness (QED) is 0.0378. The molecule has 4 aliphatic heterocycles. The number of phenols is 2. The number of phenolic OH excluding ortho intramolecular Hbond substituents is 2. The molecule has 0 spiro atoms. The number of allylic oxidation sites excluding steroid dienone is 2. The van der Waals surface area contributed by atoms with Gasteiger partial charge in [-0.2, -0.15) is 0 Å². The smallest absolute Gasteiger partial charge is 0.337 e. The Balaban J connectivity index is 1.24. The molecule has 2 fully saturated rings. The normalized spacial score (nSPS) is 33.8. The number of carbonyl (C=O) groups is 4. The number of ether oxygens (including phenoxy) is 10. The van der Waals surface area contributed by atoms with Crippen LogP contribution in [0.25, 0.3) is 0 Å². The van der Waals surface area contributed by atoms with E-state index >= 15 is 0 Å². The van der Waals surface area contributed by atoms with Gasteiger partial charge in [0.1, 0.15) is 55.4 Å². The molecule has 1 aromatic carbocycles. The van der Waals surface area contributed by atoms with Crippen LogP contribution in [0.15, 0.2) is 65.2 Å². The van der Waals surface area contributed by atoms with Gasteiger partial charge in [-0.3, -0.25) is 9.59 Å². The van der Waals surface area contributed by atoms with Crippen molar-refractivity contribution in [3.8, 4) is 11.5 Å². The van der Waals surface area contributed by atoms with Gasteiger partial charge in [0.05, 0.1) is 63.9 Å². The second-order valence-electron chi connectivity index (χ2n) is 15.1. The minimum atomic E-state index is -1.93. The minimum Gasteiger partial charge on any atom is -0.504 e. The van der Waals surface area contributed by atoms with Gasteiger partial charge in [-0.05, 0) is 31.5 Å². The molecule has 65 heavy (non-hydrogen) atoms. The lowest BCUT2D eigenvalue weighted by Gasteiger charge is -2.42. The van der Waals surface area contributed by atoms with Crippen LogP contribution in [0.1, 0.15) is 32.3 Å². The first-order valence-corrected chi connectivity index (χ1v) is 20.3. The molecule has 23 nitrogen and oxygen atoms in total. The zero-order valence-corrected chi connectivity index (χ0v) is 35.6. The number of hydrogen-bond donors (Lipinski definition) is 9. The van der Waals surface area contributed by atoms with Crippen molar-refractivity contribution in [3.05, 3.63) is 70.7 Å². The molecule has 0 amide bonds. The van der Waals surface area contributed by atoms with Crippen LogP contribution in [-0.4, -0.2) is 178 Å². The molecule has 1 aromatic rings. The van der Waals surface area contributed by atoms with Crippen molar-refractivity contribution in [2.75, 3.05) is 34.0 Å². The summed E-state index contributed by atoms with van der Waals surface area (Å²) in [4.78, 5) is 52.1. The Morgan fingerprint density at radius 1 is 0.646 bits per heavy atom. The lowest BCUT2D eigenvalue weighted by Crippen LogP contribution is -2.60. The van der Waals surface area contributed by atoms with Crippen molar-refractivity contribution < 1.29 is 113 Å². The molecule has 2 saturated heterocycles. The van der Waals surface area contributed by atoms with Crippen LogP contribution in [0.2, 0.25) is 0 Å². The average molecular weight is 927 g/mol. The highest BCUT2D eigenvalue weighted by atomic mass is 16.8. The minimum absolute atomic E-state index is 0.0891. The Morgan fingerprint density at radius 2 is 1.12 bits per heavy atom. The summed E-state index contributed by atoms with van der Waals surface area (Å²) in [5.41, 5.74) is 0.611. The van der Waals surface area contributed by atoms with E-state index in [1.807, 2.05) is 0 Å². The molecule has 0 aromatic heterocycles. The summed E-state index contributed by atoms with van der Waals surface area (Å²) in [6, 6.07) is 4.12. The van der Waals surface area contributed by atoms with Crippen LogP contribution in [0.3, 0.4) is 0 Å². The third kappa shape index (κ3) is 11.8. The van der Waals surface area contributed by atoms with E-state index in [4.69, 9.17) is 47.4 Å². The Bertz CT molecular complexity index is 1980. The number of aliphatic hydroxyl groups excluding tert-OH is 7. The van der Waals surface area contributed by atoms with Gasteiger partial charge >= 0.3 is 23.9 Å². The summed E-state index contributed by atoms with van der Waals surface area (Å²) >= 11 is 0. The monoisotopic (exact) mass is 926 g/mol. The maximum atomic E-state index is 13.4. The second kappa shape index (κ2) is 22.8. The largest absolute Gasteiger partial charge is 0.504 e. The second-order valence-corrected chi connectivity index (χ2v) is 15.1. The van der Waals surface area contributed by atoms with Crippen LogP contribution in [-0.2, 0) is 73.0 Å². The molecular weight excluding hydrogens is 872 g/mol. The predicted molar refractivity (Wildman–Crippen MR) is 212 cm³/mol. The molecule has 23 heteroatoms. The summed E-state index contributed by atoms with van der Waals surface area (Å²) in [5.74, 6) is -6.37. The summed E-state index contributed by atoms with van der Waals surface area (Å²) in [6.07, 6.45) is -16.2. The van der Waals surface area contributed by atoms with Crippen molar-refractivity contribution in [3.63, 3.8) is 0 Å². The molecule has 5 rings (SSSR count). The maximum Gasteiger partial charge on any atom is 0.337 e. The van der Waals surface area contributed by atoms with Gasteiger partial charge in [0.15, 0.2) is 24.1 Å². The molecule has 0 radical (unpaired) electrons. The molecule has 4 heterocycles. The average Bonchev–Trinajstić information content (AvgIpc) is 3.29. The van der Waals surface area contributed by atoms with Crippen LogP contribution < -0.4 is 0 Å². The fourth-order valence-corrected chi connectivity index (χ4v) is 7.47. The fraction of sp³-hybridized carbons (Fsp3) is 0.571. The van der Waals surface area contributed by atoms with Gasteiger partial charge < -0.3 is 93.3 Å². The van der Waals surface area contributed by atoms with Gasteiger partial charge in [-0.1, -0.05) is 18.2 Å². The molecule has 0 saturated carbocycles. The number of aromatic hydroxyl groups is 2.